The van der Waals surface area contributed by atoms with Crippen LogP contribution in [0.15, 0.2) is 30.3 Å². The zero-order valence-corrected chi connectivity index (χ0v) is 10.8. The van der Waals surface area contributed by atoms with Crippen molar-refractivity contribution in [2.24, 2.45) is 5.92 Å². The molecule has 2 rings (SSSR count). The van der Waals surface area contributed by atoms with E-state index < -0.39 is 6.10 Å². The number of carbonyl (C=O) groups excluding carboxylic acids is 1. The molecule has 1 aliphatic carbocycles. The van der Waals surface area contributed by atoms with Gasteiger partial charge >= 0.3 is 0 Å². The van der Waals surface area contributed by atoms with Gasteiger partial charge in [0.05, 0.1) is 6.10 Å². The van der Waals surface area contributed by atoms with E-state index >= 15 is 0 Å². The van der Waals surface area contributed by atoms with E-state index in [1.54, 1.807) is 0 Å². The monoisotopic (exact) mass is 246 g/mol. The molecule has 0 radical (unpaired) electrons. The summed E-state index contributed by atoms with van der Waals surface area (Å²) >= 11 is 0. The van der Waals surface area contributed by atoms with E-state index in [9.17, 15) is 9.90 Å². The van der Waals surface area contributed by atoms with Crippen molar-refractivity contribution in [1.82, 2.24) is 0 Å². The Morgan fingerprint density at radius 1 is 1.17 bits per heavy atom. The van der Waals surface area contributed by atoms with E-state index in [2.05, 4.69) is 0 Å². The summed E-state index contributed by atoms with van der Waals surface area (Å²) in [5.41, 5.74) is 0.842. The van der Waals surface area contributed by atoms with Crippen LogP contribution in [-0.4, -0.2) is 10.9 Å². The van der Waals surface area contributed by atoms with Crippen LogP contribution < -0.4 is 0 Å². The molecule has 1 atom stereocenters. The van der Waals surface area contributed by atoms with Gasteiger partial charge in [0.1, 0.15) is 5.78 Å². The van der Waals surface area contributed by atoms with E-state index in [1.807, 2.05) is 30.3 Å². The first-order valence-electron chi connectivity index (χ1n) is 7.00. The van der Waals surface area contributed by atoms with Gasteiger partial charge in [0.25, 0.3) is 0 Å². The Morgan fingerprint density at radius 2 is 1.83 bits per heavy atom. The predicted octanol–water partition coefficient (Wildman–Crippen LogP) is 3.65. The molecule has 0 bridgehead atoms. The minimum absolute atomic E-state index is 0.207. The van der Waals surface area contributed by atoms with E-state index in [4.69, 9.17) is 0 Å². The number of carbonyl (C=O) groups is 1. The Hall–Kier alpha value is -1.15. The van der Waals surface area contributed by atoms with Crippen LogP contribution in [0.2, 0.25) is 0 Å². The van der Waals surface area contributed by atoms with Crippen LogP contribution in [-0.2, 0) is 4.79 Å². The van der Waals surface area contributed by atoms with E-state index in [-0.39, 0.29) is 12.2 Å². The fourth-order valence-electron chi connectivity index (χ4n) is 2.81. The number of hydrogen-bond donors (Lipinski definition) is 1. The molecular weight excluding hydrogens is 224 g/mol. The fourth-order valence-corrected chi connectivity index (χ4v) is 2.81. The Balaban J connectivity index is 1.80. The van der Waals surface area contributed by atoms with Gasteiger partial charge in [0, 0.05) is 12.8 Å². The molecule has 1 N–H and O–H groups in total. The number of benzene rings is 1. The molecule has 0 heterocycles. The zero-order chi connectivity index (χ0) is 12.8. The molecule has 2 heteroatoms. The van der Waals surface area contributed by atoms with Gasteiger partial charge in [-0.3, -0.25) is 4.79 Å². The van der Waals surface area contributed by atoms with Crippen molar-refractivity contribution in [2.45, 2.75) is 51.0 Å². The predicted molar refractivity (Wildman–Crippen MR) is 72.2 cm³/mol. The second kappa shape index (κ2) is 6.69. The maximum Gasteiger partial charge on any atom is 0.136 e. The minimum atomic E-state index is -0.637. The summed E-state index contributed by atoms with van der Waals surface area (Å²) in [6.07, 6.45) is 6.50. The quantitative estimate of drug-likeness (QED) is 0.861. The lowest BCUT2D eigenvalue weighted by Gasteiger charge is -2.21. The van der Waals surface area contributed by atoms with Gasteiger partial charge < -0.3 is 5.11 Å². The molecule has 1 aliphatic rings. The van der Waals surface area contributed by atoms with E-state index in [1.165, 1.54) is 32.1 Å². The van der Waals surface area contributed by atoms with E-state index in [0.29, 0.717) is 12.3 Å². The highest BCUT2D eigenvalue weighted by atomic mass is 16.3. The number of ketones is 1. The fraction of sp³-hybridized carbons (Fsp3) is 0.562. The molecule has 1 unspecified atom stereocenters. The molecule has 98 valence electrons. The first-order valence-corrected chi connectivity index (χ1v) is 7.00. The summed E-state index contributed by atoms with van der Waals surface area (Å²) < 4.78 is 0. The number of aliphatic hydroxyl groups is 1. The molecule has 0 aliphatic heterocycles. The lowest BCUT2D eigenvalue weighted by molar-refractivity contribution is -0.122. The molecule has 0 saturated heterocycles. The second-order valence-electron chi connectivity index (χ2n) is 5.38. The topological polar surface area (TPSA) is 37.3 Å². The summed E-state index contributed by atoms with van der Waals surface area (Å²) in [6, 6.07) is 9.45. The Morgan fingerprint density at radius 3 is 2.50 bits per heavy atom. The van der Waals surface area contributed by atoms with Crippen molar-refractivity contribution in [2.75, 3.05) is 0 Å². The third-order valence-electron chi connectivity index (χ3n) is 3.85. The molecular formula is C16H22O2. The lowest BCUT2D eigenvalue weighted by atomic mass is 9.85. The van der Waals surface area contributed by atoms with Crippen molar-refractivity contribution in [3.63, 3.8) is 0 Å². The maximum absolute atomic E-state index is 11.9. The molecule has 0 spiro atoms. The van der Waals surface area contributed by atoms with Gasteiger partial charge in [-0.05, 0) is 11.5 Å². The molecule has 1 fully saturated rings. The largest absolute Gasteiger partial charge is 0.388 e. The Kier molecular flexibility index (Phi) is 4.94. The lowest BCUT2D eigenvalue weighted by Crippen LogP contribution is -2.14. The summed E-state index contributed by atoms with van der Waals surface area (Å²) in [4.78, 5) is 11.9. The molecule has 1 aromatic rings. The third-order valence-corrected chi connectivity index (χ3v) is 3.85. The summed E-state index contributed by atoms with van der Waals surface area (Å²) in [5, 5.41) is 10.00. The summed E-state index contributed by atoms with van der Waals surface area (Å²) in [5.74, 6) is 0.771. The first-order chi connectivity index (χ1) is 8.75. The van der Waals surface area contributed by atoms with Gasteiger partial charge in [-0.25, -0.2) is 0 Å². The SMILES string of the molecule is O=C(CC1CCCCC1)CC(O)c1ccccc1. The van der Waals surface area contributed by atoms with Gasteiger partial charge in [0.15, 0.2) is 0 Å². The second-order valence-corrected chi connectivity index (χ2v) is 5.38. The normalized spacial score (nSPS) is 18.5. The molecule has 2 nitrogen and oxygen atoms in total. The van der Waals surface area contributed by atoms with Crippen LogP contribution >= 0.6 is 0 Å². The van der Waals surface area contributed by atoms with Crippen LogP contribution in [0.5, 0.6) is 0 Å². The smallest absolute Gasteiger partial charge is 0.136 e. The van der Waals surface area contributed by atoms with Gasteiger partial charge in [-0.2, -0.15) is 0 Å². The highest BCUT2D eigenvalue weighted by molar-refractivity contribution is 5.79. The van der Waals surface area contributed by atoms with Gasteiger partial charge in [-0.1, -0.05) is 62.4 Å². The standard InChI is InChI=1S/C16H22O2/c17-15(11-13-7-3-1-4-8-13)12-16(18)14-9-5-2-6-10-14/h2,5-6,9-10,13,16,18H,1,3-4,7-8,11-12H2. The summed E-state index contributed by atoms with van der Waals surface area (Å²) in [6.45, 7) is 0. The number of hydrogen-bond acceptors (Lipinski definition) is 2. The molecule has 18 heavy (non-hydrogen) atoms. The van der Waals surface area contributed by atoms with Gasteiger partial charge in [-0.15, -0.1) is 0 Å². The van der Waals surface area contributed by atoms with Crippen molar-refractivity contribution in [1.29, 1.82) is 0 Å². The van der Waals surface area contributed by atoms with E-state index in [0.717, 1.165) is 5.56 Å². The maximum atomic E-state index is 11.9. The minimum Gasteiger partial charge on any atom is -0.388 e. The van der Waals surface area contributed by atoms with Crippen LogP contribution in [0.25, 0.3) is 0 Å². The average Bonchev–Trinajstić information content (AvgIpc) is 2.40. The average molecular weight is 246 g/mol. The van der Waals surface area contributed by atoms with Crippen molar-refractivity contribution in [3.8, 4) is 0 Å². The molecule has 0 amide bonds. The Bertz CT molecular complexity index is 366. The first kappa shape index (κ1) is 13.3. The van der Waals surface area contributed by atoms with Crippen LogP contribution in [0.4, 0.5) is 0 Å². The van der Waals surface area contributed by atoms with Crippen LogP contribution in [0.3, 0.4) is 0 Å². The highest BCUT2D eigenvalue weighted by Gasteiger charge is 2.19. The number of aliphatic hydroxyl groups excluding tert-OH is 1. The third kappa shape index (κ3) is 3.95. The highest BCUT2D eigenvalue weighted by Crippen LogP contribution is 2.28. The van der Waals surface area contributed by atoms with Gasteiger partial charge in [0.2, 0.25) is 0 Å². The van der Waals surface area contributed by atoms with Crippen LogP contribution in [0.1, 0.15) is 56.6 Å². The number of rotatable bonds is 5. The summed E-state index contributed by atoms with van der Waals surface area (Å²) in [7, 11) is 0. The van der Waals surface area contributed by atoms with Crippen molar-refractivity contribution >= 4 is 5.78 Å². The van der Waals surface area contributed by atoms with Crippen molar-refractivity contribution in [3.05, 3.63) is 35.9 Å². The van der Waals surface area contributed by atoms with Crippen LogP contribution in [0, 0.1) is 5.92 Å². The zero-order valence-electron chi connectivity index (χ0n) is 10.8. The molecule has 1 saturated carbocycles. The number of Topliss-reactive ketones (excluding diaryl/α,β-unsaturated/α-hetero) is 1. The Labute approximate surface area is 109 Å². The molecule has 1 aromatic carbocycles. The van der Waals surface area contributed by atoms with Crippen molar-refractivity contribution < 1.29 is 9.90 Å². The molecule has 0 aromatic heterocycles.